The molecule has 0 spiro atoms. The van der Waals surface area contributed by atoms with Crippen molar-refractivity contribution in [3.63, 3.8) is 0 Å². The van der Waals surface area contributed by atoms with E-state index < -0.39 is 23.5 Å². The summed E-state index contributed by atoms with van der Waals surface area (Å²) in [6, 6.07) is 3.13. The van der Waals surface area contributed by atoms with Gasteiger partial charge in [0.2, 0.25) is 0 Å². The number of hydrogen-bond donors (Lipinski definition) is 2. The second-order valence-electron chi connectivity index (χ2n) is 4.96. The average Bonchev–Trinajstić information content (AvgIpc) is 3.03. The van der Waals surface area contributed by atoms with Crippen LogP contribution in [-0.4, -0.2) is 24.5 Å². The van der Waals surface area contributed by atoms with Crippen LogP contribution in [0, 0.1) is 11.6 Å². The minimum absolute atomic E-state index is 0.0126. The van der Waals surface area contributed by atoms with Crippen LogP contribution < -0.4 is 10.6 Å². The van der Waals surface area contributed by atoms with Crippen molar-refractivity contribution in [1.82, 2.24) is 15.6 Å². The highest BCUT2D eigenvalue weighted by molar-refractivity contribution is 7.09. The second kappa shape index (κ2) is 8.24. The van der Waals surface area contributed by atoms with E-state index in [-0.39, 0.29) is 25.1 Å². The molecule has 0 radical (unpaired) electrons. The van der Waals surface area contributed by atoms with Crippen LogP contribution in [-0.2, 0) is 19.1 Å². The van der Waals surface area contributed by atoms with Crippen molar-refractivity contribution in [2.45, 2.75) is 19.1 Å². The van der Waals surface area contributed by atoms with Crippen LogP contribution >= 0.6 is 11.3 Å². The van der Waals surface area contributed by atoms with Crippen molar-refractivity contribution in [1.29, 1.82) is 0 Å². The molecule has 0 saturated heterocycles. The fraction of sp³-hybridized carbons (Fsp3) is 0.333. The maximum absolute atomic E-state index is 13.5. The highest BCUT2D eigenvalue weighted by Crippen LogP contribution is 2.29. The molecule has 4 nitrogen and oxygen atoms in total. The number of halogens is 5. The van der Waals surface area contributed by atoms with Crippen LogP contribution in [0.25, 0.3) is 0 Å². The number of nitrogens with zero attached hydrogens (tertiary/aromatic N) is 2. The first-order valence-corrected chi connectivity index (χ1v) is 8.07. The summed E-state index contributed by atoms with van der Waals surface area (Å²) < 4.78 is 64.0. The minimum atomic E-state index is -4.45. The number of aliphatic imine (C=N–C) groups is 1. The molecule has 2 N–H and O–H groups in total. The van der Waals surface area contributed by atoms with Gasteiger partial charge in [0, 0.05) is 37.5 Å². The van der Waals surface area contributed by atoms with Gasteiger partial charge in [0.1, 0.15) is 11.6 Å². The highest BCUT2D eigenvalue weighted by Gasteiger charge is 2.33. The lowest BCUT2D eigenvalue weighted by Crippen LogP contribution is -2.38. The molecule has 1 aromatic carbocycles. The SMILES string of the molecule is CN=C(NCCc1nc(C(F)(F)F)cs1)NCc1cc(F)ccc1F. The predicted octanol–water partition coefficient (Wildman–Crippen LogP) is 3.35. The van der Waals surface area contributed by atoms with Gasteiger partial charge in [-0.1, -0.05) is 0 Å². The highest BCUT2D eigenvalue weighted by atomic mass is 32.1. The molecule has 0 fully saturated rings. The van der Waals surface area contributed by atoms with E-state index in [1.807, 2.05) is 0 Å². The van der Waals surface area contributed by atoms with Gasteiger partial charge in [-0.3, -0.25) is 4.99 Å². The lowest BCUT2D eigenvalue weighted by atomic mass is 10.2. The van der Waals surface area contributed by atoms with Gasteiger partial charge in [0.25, 0.3) is 0 Å². The third-order valence-corrected chi connectivity index (χ3v) is 4.06. The Kier molecular flexibility index (Phi) is 6.29. The Morgan fingerprint density at radius 1 is 1.24 bits per heavy atom. The van der Waals surface area contributed by atoms with Gasteiger partial charge < -0.3 is 10.6 Å². The number of thiazole rings is 1. The number of hydrogen-bond acceptors (Lipinski definition) is 3. The van der Waals surface area contributed by atoms with Crippen molar-refractivity contribution in [3.8, 4) is 0 Å². The van der Waals surface area contributed by atoms with E-state index in [0.717, 1.165) is 34.9 Å². The molecule has 0 unspecified atom stereocenters. The lowest BCUT2D eigenvalue weighted by molar-refractivity contribution is -0.140. The summed E-state index contributed by atoms with van der Waals surface area (Å²) in [5.41, 5.74) is -0.769. The maximum atomic E-state index is 13.5. The molecule has 2 rings (SSSR count). The molecular weight excluding hydrogens is 363 g/mol. The summed E-state index contributed by atoms with van der Waals surface area (Å²) >= 11 is 0.927. The Morgan fingerprint density at radius 3 is 2.64 bits per heavy atom. The predicted molar refractivity (Wildman–Crippen MR) is 85.4 cm³/mol. The van der Waals surface area contributed by atoms with Crippen LogP contribution in [0.15, 0.2) is 28.6 Å². The molecule has 0 aliphatic rings. The van der Waals surface area contributed by atoms with E-state index in [1.165, 1.54) is 7.05 Å². The second-order valence-corrected chi connectivity index (χ2v) is 5.91. The molecule has 10 heteroatoms. The molecule has 2 aromatic rings. The van der Waals surface area contributed by atoms with Crippen molar-refractivity contribution in [2.75, 3.05) is 13.6 Å². The molecule has 0 aliphatic heterocycles. The summed E-state index contributed by atoms with van der Waals surface area (Å²) in [7, 11) is 1.49. The molecular formula is C15H15F5N4S. The summed E-state index contributed by atoms with van der Waals surface area (Å²) in [5.74, 6) is -0.784. The number of rotatable bonds is 5. The number of guanidine groups is 1. The quantitative estimate of drug-likeness (QED) is 0.477. The topological polar surface area (TPSA) is 49.3 Å². The van der Waals surface area contributed by atoms with Crippen molar-refractivity contribution >= 4 is 17.3 Å². The zero-order valence-electron chi connectivity index (χ0n) is 13.1. The summed E-state index contributed by atoms with van der Waals surface area (Å²) in [4.78, 5) is 7.43. The number of aromatic nitrogens is 1. The van der Waals surface area contributed by atoms with E-state index in [9.17, 15) is 22.0 Å². The lowest BCUT2D eigenvalue weighted by Gasteiger charge is -2.12. The monoisotopic (exact) mass is 378 g/mol. The summed E-state index contributed by atoms with van der Waals surface area (Å²) in [5, 5.41) is 6.99. The molecule has 136 valence electrons. The number of benzene rings is 1. The van der Waals surface area contributed by atoms with Gasteiger partial charge >= 0.3 is 6.18 Å². The van der Waals surface area contributed by atoms with Crippen molar-refractivity contribution < 1.29 is 22.0 Å². The third-order valence-electron chi connectivity index (χ3n) is 3.15. The van der Waals surface area contributed by atoms with E-state index in [2.05, 4.69) is 20.6 Å². The van der Waals surface area contributed by atoms with Crippen LogP contribution in [0.2, 0.25) is 0 Å². The Bertz CT molecular complexity index is 742. The van der Waals surface area contributed by atoms with E-state index >= 15 is 0 Å². The number of nitrogens with one attached hydrogen (secondary N) is 2. The third kappa shape index (κ3) is 5.66. The first-order chi connectivity index (χ1) is 11.8. The Labute approximate surface area is 144 Å². The zero-order chi connectivity index (χ0) is 18.4. The summed E-state index contributed by atoms with van der Waals surface area (Å²) in [6.45, 7) is 0.300. The van der Waals surface area contributed by atoms with Crippen LogP contribution in [0.5, 0.6) is 0 Å². The first-order valence-electron chi connectivity index (χ1n) is 7.19. The molecule has 0 saturated carbocycles. The van der Waals surface area contributed by atoms with Crippen LogP contribution in [0.3, 0.4) is 0 Å². The van der Waals surface area contributed by atoms with Gasteiger partial charge in [-0.25, -0.2) is 13.8 Å². The van der Waals surface area contributed by atoms with Gasteiger partial charge in [-0.2, -0.15) is 13.2 Å². The van der Waals surface area contributed by atoms with Gasteiger partial charge in [0.15, 0.2) is 11.7 Å². The average molecular weight is 378 g/mol. The molecule has 0 atom stereocenters. The molecule has 0 amide bonds. The van der Waals surface area contributed by atoms with Crippen molar-refractivity contribution in [2.24, 2.45) is 4.99 Å². The van der Waals surface area contributed by atoms with Gasteiger partial charge in [-0.15, -0.1) is 11.3 Å². The fourth-order valence-corrected chi connectivity index (χ4v) is 2.73. The molecule has 1 aromatic heterocycles. The van der Waals surface area contributed by atoms with Crippen LogP contribution in [0.4, 0.5) is 22.0 Å². The van der Waals surface area contributed by atoms with Crippen LogP contribution in [0.1, 0.15) is 16.3 Å². The van der Waals surface area contributed by atoms with E-state index in [0.29, 0.717) is 11.0 Å². The van der Waals surface area contributed by atoms with E-state index in [4.69, 9.17) is 0 Å². The smallest absolute Gasteiger partial charge is 0.356 e. The summed E-state index contributed by atoms with van der Waals surface area (Å²) in [6.07, 6.45) is -4.18. The largest absolute Gasteiger partial charge is 0.434 e. The fourth-order valence-electron chi connectivity index (χ4n) is 1.92. The van der Waals surface area contributed by atoms with Gasteiger partial charge in [0.05, 0.1) is 5.01 Å². The molecule has 1 heterocycles. The molecule has 0 aliphatic carbocycles. The van der Waals surface area contributed by atoms with Gasteiger partial charge in [-0.05, 0) is 18.2 Å². The first kappa shape index (κ1) is 19.1. The van der Waals surface area contributed by atoms with Crippen molar-refractivity contribution in [3.05, 3.63) is 51.5 Å². The Morgan fingerprint density at radius 2 is 2.00 bits per heavy atom. The number of alkyl halides is 3. The minimum Gasteiger partial charge on any atom is -0.356 e. The normalized spacial score (nSPS) is 12.3. The molecule has 0 bridgehead atoms. The Hall–Kier alpha value is -2.23. The maximum Gasteiger partial charge on any atom is 0.434 e. The Balaban J connectivity index is 1.82. The molecule has 25 heavy (non-hydrogen) atoms. The standard InChI is InChI=1S/C15H15F5N4S/c1-21-14(23-7-9-6-10(16)2-3-11(9)17)22-5-4-13-24-12(8-25-13)15(18,19)20/h2-3,6,8H,4-5,7H2,1H3,(H2,21,22,23). The zero-order valence-corrected chi connectivity index (χ0v) is 13.9. The van der Waals surface area contributed by atoms with E-state index in [1.54, 1.807) is 0 Å².